The van der Waals surface area contributed by atoms with Gasteiger partial charge in [-0.05, 0) is 38.5 Å². The highest BCUT2D eigenvalue weighted by Crippen LogP contribution is 2.24. The van der Waals surface area contributed by atoms with Crippen molar-refractivity contribution in [1.29, 1.82) is 5.26 Å². The Morgan fingerprint density at radius 2 is 2.15 bits per heavy atom. The number of carbonyl (C=O) groups excluding carboxylic acids is 1. The third kappa shape index (κ3) is 3.49. The average Bonchev–Trinajstić information content (AvgIpc) is 2.48. The van der Waals surface area contributed by atoms with Crippen LogP contribution in [-0.4, -0.2) is 25.2 Å². The molecule has 0 aliphatic rings. The van der Waals surface area contributed by atoms with Gasteiger partial charge in [0.25, 0.3) is 5.91 Å². The number of hydrogen-bond acceptors (Lipinski definition) is 4. The van der Waals surface area contributed by atoms with Gasteiger partial charge < -0.3 is 14.8 Å². The molecule has 20 heavy (non-hydrogen) atoms. The molecule has 0 aliphatic heterocycles. The molecule has 0 heterocycles. The van der Waals surface area contributed by atoms with Crippen LogP contribution in [0, 0.1) is 11.3 Å². The van der Waals surface area contributed by atoms with E-state index in [0.717, 1.165) is 0 Å². The summed E-state index contributed by atoms with van der Waals surface area (Å²) in [6.07, 6.45) is 0.536. The zero-order chi connectivity index (χ0) is 15.2. The minimum absolute atomic E-state index is 0.275. The first kappa shape index (κ1) is 16.0. The topological polar surface area (TPSA) is 71.3 Å². The lowest BCUT2D eigenvalue weighted by atomic mass is 10.0. The Labute approximate surface area is 119 Å². The summed E-state index contributed by atoms with van der Waals surface area (Å²) in [5.74, 6) is 0.329. The maximum absolute atomic E-state index is 12.2. The van der Waals surface area contributed by atoms with Crippen molar-refractivity contribution in [2.45, 2.75) is 32.8 Å². The lowest BCUT2D eigenvalue weighted by molar-refractivity contribution is -0.136. The molecule has 0 bridgehead atoms. The van der Waals surface area contributed by atoms with Crippen molar-refractivity contribution in [1.82, 2.24) is 0 Å². The normalized spacial score (nSPS) is 13.2. The molecule has 1 rings (SSSR count). The lowest BCUT2D eigenvalue weighted by Crippen LogP contribution is -2.41. The highest BCUT2D eigenvalue weighted by Gasteiger charge is 2.31. The van der Waals surface area contributed by atoms with E-state index in [2.05, 4.69) is 11.4 Å². The van der Waals surface area contributed by atoms with Gasteiger partial charge in [-0.1, -0.05) is 6.92 Å². The molecule has 1 atom stereocenters. The predicted molar refractivity (Wildman–Crippen MR) is 76.7 cm³/mol. The second-order valence-electron chi connectivity index (χ2n) is 4.49. The van der Waals surface area contributed by atoms with Crippen molar-refractivity contribution < 1.29 is 14.3 Å². The Morgan fingerprint density at radius 3 is 2.65 bits per heavy atom. The monoisotopic (exact) mass is 276 g/mol. The number of hydrogen-bond donors (Lipinski definition) is 1. The highest BCUT2D eigenvalue weighted by atomic mass is 16.5. The zero-order valence-electron chi connectivity index (χ0n) is 12.3. The van der Waals surface area contributed by atoms with E-state index in [9.17, 15) is 4.79 Å². The van der Waals surface area contributed by atoms with E-state index in [0.29, 0.717) is 30.0 Å². The number of amides is 1. The lowest BCUT2D eigenvalue weighted by Gasteiger charge is -2.25. The molecule has 1 aromatic rings. The van der Waals surface area contributed by atoms with Crippen molar-refractivity contribution in [3.8, 4) is 11.8 Å². The van der Waals surface area contributed by atoms with Crippen LogP contribution < -0.4 is 10.1 Å². The second kappa shape index (κ2) is 6.92. The Hall–Kier alpha value is -2.06. The molecule has 0 aromatic heterocycles. The number of carbonyl (C=O) groups is 1. The van der Waals surface area contributed by atoms with Gasteiger partial charge in [-0.2, -0.15) is 5.26 Å². The van der Waals surface area contributed by atoms with Gasteiger partial charge in [0.15, 0.2) is 0 Å². The number of ether oxygens (including phenoxy) is 2. The van der Waals surface area contributed by atoms with Gasteiger partial charge in [0.2, 0.25) is 0 Å². The van der Waals surface area contributed by atoms with Crippen LogP contribution in [0.4, 0.5) is 5.69 Å². The van der Waals surface area contributed by atoms with Crippen LogP contribution in [0.3, 0.4) is 0 Å². The van der Waals surface area contributed by atoms with Crippen LogP contribution in [-0.2, 0) is 9.53 Å². The molecule has 108 valence electrons. The number of benzene rings is 1. The fourth-order valence-electron chi connectivity index (χ4n) is 1.63. The van der Waals surface area contributed by atoms with E-state index in [1.165, 1.54) is 7.11 Å². The van der Waals surface area contributed by atoms with Gasteiger partial charge in [0, 0.05) is 7.11 Å². The van der Waals surface area contributed by atoms with Crippen LogP contribution in [0.25, 0.3) is 0 Å². The molecule has 0 saturated carbocycles. The molecule has 5 heteroatoms. The van der Waals surface area contributed by atoms with Gasteiger partial charge in [-0.3, -0.25) is 4.79 Å². The number of nitrogens with zero attached hydrogens (tertiary/aromatic N) is 1. The van der Waals surface area contributed by atoms with Gasteiger partial charge in [-0.25, -0.2) is 0 Å². The van der Waals surface area contributed by atoms with E-state index < -0.39 is 5.60 Å². The number of anilines is 1. The second-order valence-corrected chi connectivity index (χ2v) is 4.49. The summed E-state index contributed by atoms with van der Waals surface area (Å²) >= 11 is 0. The smallest absolute Gasteiger partial charge is 0.256 e. The number of methoxy groups -OCH3 is 1. The van der Waals surface area contributed by atoms with Crippen molar-refractivity contribution in [2.75, 3.05) is 19.0 Å². The van der Waals surface area contributed by atoms with Crippen molar-refractivity contribution in [3.05, 3.63) is 23.8 Å². The standard InChI is InChI=1S/C15H20N2O3/c1-5-15(3,19-4)14(18)17-13-8-7-12(20-6-2)9-11(13)10-16/h7-9H,5-6H2,1-4H3,(H,17,18)/t15-/m1/s1. The molecule has 0 unspecified atom stereocenters. The number of nitriles is 1. The minimum atomic E-state index is -0.911. The summed E-state index contributed by atoms with van der Waals surface area (Å²) in [4.78, 5) is 12.2. The third-order valence-electron chi connectivity index (χ3n) is 3.28. The highest BCUT2D eigenvalue weighted by molar-refractivity contribution is 5.98. The summed E-state index contributed by atoms with van der Waals surface area (Å²) in [5, 5.41) is 11.9. The molecule has 1 aromatic carbocycles. The fraction of sp³-hybridized carbons (Fsp3) is 0.467. The van der Waals surface area contributed by atoms with Crippen LogP contribution in [0.15, 0.2) is 18.2 Å². The van der Waals surface area contributed by atoms with E-state index >= 15 is 0 Å². The molecule has 5 nitrogen and oxygen atoms in total. The molecule has 1 N–H and O–H groups in total. The molecule has 0 spiro atoms. The fourth-order valence-corrected chi connectivity index (χ4v) is 1.63. The molecule has 0 aliphatic carbocycles. The maximum Gasteiger partial charge on any atom is 0.256 e. The molecule has 0 radical (unpaired) electrons. The van der Waals surface area contributed by atoms with Crippen LogP contribution >= 0.6 is 0 Å². The van der Waals surface area contributed by atoms with Crippen LogP contribution in [0.1, 0.15) is 32.8 Å². The Balaban J connectivity index is 2.98. The first-order valence-electron chi connectivity index (χ1n) is 6.54. The largest absolute Gasteiger partial charge is 0.494 e. The van der Waals surface area contributed by atoms with Gasteiger partial charge >= 0.3 is 0 Å². The average molecular weight is 276 g/mol. The first-order valence-corrected chi connectivity index (χ1v) is 6.54. The minimum Gasteiger partial charge on any atom is -0.494 e. The molecule has 0 fully saturated rings. The summed E-state index contributed by atoms with van der Waals surface area (Å²) in [5.41, 5.74) is -0.0952. The molecule has 0 saturated heterocycles. The molecule has 1 amide bonds. The quantitative estimate of drug-likeness (QED) is 0.867. The van der Waals surface area contributed by atoms with Crippen molar-refractivity contribution >= 4 is 11.6 Å². The summed E-state index contributed by atoms with van der Waals surface area (Å²) < 4.78 is 10.6. The van der Waals surface area contributed by atoms with Crippen molar-refractivity contribution in [3.63, 3.8) is 0 Å². The summed E-state index contributed by atoms with van der Waals surface area (Å²) in [6.45, 7) is 5.97. The van der Waals surface area contributed by atoms with E-state index in [1.54, 1.807) is 25.1 Å². The van der Waals surface area contributed by atoms with E-state index in [-0.39, 0.29) is 5.91 Å². The summed E-state index contributed by atoms with van der Waals surface area (Å²) in [7, 11) is 1.49. The Bertz CT molecular complexity index is 516. The van der Waals surface area contributed by atoms with Crippen LogP contribution in [0.2, 0.25) is 0 Å². The predicted octanol–water partition coefficient (Wildman–Crippen LogP) is 2.71. The van der Waals surface area contributed by atoms with Gasteiger partial charge in [0.1, 0.15) is 17.4 Å². The Morgan fingerprint density at radius 1 is 1.45 bits per heavy atom. The van der Waals surface area contributed by atoms with Crippen LogP contribution in [0.5, 0.6) is 5.75 Å². The van der Waals surface area contributed by atoms with E-state index in [4.69, 9.17) is 14.7 Å². The SMILES string of the molecule is CCOc1ccc(NC(=O)[C@@](C)(CC)OC)c(C#N)c1. The third-order valence-corrected chi connectivity index (χ3v) is 3.28. The number of rotatable bonds is 6. The molecular weight excluding hydrogens is 256 g/mol. The zero-order valence-corrected chi connectivity index (χ0v) is 12.3. The molecular formula is C15H20N2O3. The number of nitrogens with one attached hydrogen (secondary N) is 1. The van der Waals surface area contributed by atoms with Gasteiger partial charge in [-0.15, -0.1) is 0 Å². The van der Waals surface area contributed by atoms with Crippen molar-refractivity contribution in [2.24, 2.45) is 0 Å². The van der Waals surface area contributed by atoms with Gasteiger partial charge in [0.05, 0.1) is 17.9 Å². The summed E-state index contributed by atoms with van der Waals surface area (Å²) in [6, 6.07) is 7.04. The Kier molecular flexibility index (Phi) is 5.53. The van der Waals surface area contributed by atoms with E-state index in [1.807, 2.05) is 13.8 Å². The maximum atomic E-state index is 12.2. The first-order chi connectivity index (χ1) is 9.50.